The maximum Gasteiger partial charge on any atom is 0.343 e. The monoisotopic (exact) mass is 622 g/mol. The minimum absolute atomic E-state index is 0.159. The van der Waals surface area contributed by atoms with Crippen LogP contribution >= 0.6 is 11.3 Å². The summed E-state index contributed by atoms with van der Waals surface area (Å²) in [7, 11) is 2.79. The molecule has 1 unspecified atom stereocenters. The zero-order chi connectivity index (χ0) is 31.8. The Bertz CT molecular complexity index is 1770. The minimum Gasteiger partial charge on any atom is -0.493 e. The zero-order valence-electron chi connectivity index (χ0n) is 25.2. The molecule has 0 amide bonds. The molecule has 44 heavy (non-hydrogen) atoms. The summed E-state index contributed by atoms with van der Waals surface area (Å²) < 4.78 is 34.4. The maximum absolute atomic E-state index is 14.0. The molecular formula is C32H34N2O9S. The lowest BCUT2D eigenvalue weighted by atomic mass is 9.95. The Morgan fingerprint density at radius 1 is 1.00 bits per heavy atom. The molecular weight excluding hydrogens is 588 g/mol. The second kappa shape index (κ2) is 14.6. The van der Waals surface area contributed by atoms with Crippen molar-refractivity contribution in [1.29, 1.82) is 0 Å². The van der Waals surface area contributed by atoms with Gasteiger partial charge in [0.2, 0.25) is 0 Å². The highest BCUT2D eigenvalue weighted by atomic mass is 32.1. The van der Waals surface area contributed by atoms with Gasteiger partial charge in [-0.1, -0.05) is 36.1 Å². The molecule has 1 aliphatic rings. The van der Waals surface area contributed by atoms with E-state index < -0.39 is 18.0 Å². The van der Waals surface area contributed by atoms with Crippen molar-refractivity contribution in [3.8, 4) is 23.0 Å². The number of methoxy groups -OCH3 is 2. The van der Waals surface area contributed by atoms with Gasteiger partial charge in [-0.3, -0.25) is 9.36 Å². The van der Waals surface area contributed by atoms with Crippen LogP contribution in [0.1, 0.15) is 37.9 Å². The fraction of sp³-hybridized carbons (Fsp3) is 0.312. The quantitative estimate of drug-likeness (QED) is 0.209. The van der Waals surface area contributed by atoms with Gasteiger partial charge in [-0.25, -0.2) is 14.6 Å². The van der Waals surface area contributed by atoms with Crippen LogP contribution in [0.3, 0.4) is 0 Å². The Kier molecular flexibility index (Phi) is 10.6. The van der Waals surface area contributed by atoms with Crippen LogP contribution in [0.5, 0.6) is 23.0 Å². The van der Waals surface area contributed by atoms with Gasteiger partial charge in [0.15, 0.2) is 34.4 Å². The smallest absolute Gasteiger partial charge is 0.343 e. The number of carbonyl (C=O) groups is 2. The summed E-state index contributed by atoms with van der Waals surface area (Å²) >= 11 is 1.19. The van der Waals surface area contributed by atoms with E-state index in [0.717, 1.165) is 0 Å². The highest BCUT2D eigenvalue weighted by Crippen LogP contribution is 2.36. The highest BCUT2D eigenvalue weighted by molar-refractivity contribution is 7.07. The number of allylic oxidation sites excluding steroid dienone is 1. The first-order chi connectivity index (χ1) is 21.3. The largest absolute Gasteiger partial charge is 0.493 e. The van der Waals surface area contributed by atoms with Crippen LogP contribution in [0.15, 0.2) is 70.1 Å². The first-order valence-corrected chi connectivity index (χ1v) is 14.7. The van der Waals surface area contributed by atoms with E-state index in [1.54, 1.807) is 62.4 Å². The van der Waals surface area contributed by atoms with Crippen LogP contribution in [0, 0.1) is 0 Å². The molecule has 1 aliphatic heterocycles. The number of rotatable bonds is 13. The summed E-state index contributed by atoms with van der Waals surface area (Å²) in [5.74, 6) is 0.597. The van der Waals surface area contributed by atoms with Gasteiger partial charge in [0.05, 0.1) is 49.3 Å². The van der Waals surface area contributed by atoms with Crippen molar-refractivity contribution in [3.05, 3.63) is 91.1 Å². The first kappa shape index (κ1) is 32.1. The van der Waals surface area contributed by atoms with E-state index in [1.165, 1.54) is 30.1 Å². The lowest BCUT2D eigenvalue weighted by molar-refractivity contribution is -0.143. The number of hydrogen-bond donors (Lipinski definition) is 0. The number of fused-ring (bicyclic) bond motifs is 1. The fourth-order valence-corrected chi connectivity index (χ4v) is 5.62. The van der Waals surface area contributed by atoms with Gasteiger partial charge in [0, 0.05) is 0 Å². The zero-order valence-corrected chi connectivity index (χ0v) is 26.0. The molecule has 0 aliphatic carbocycles. The molecule has 12 heteroatoms. The van der Waals surface area contributed by atoms with E-state index in [1.807, 2.05) is 6.92 Å². The summed E-state index contributed by atoms with van der Waals surface area (Å²) in [6.07, 6.45) is 3.33. The van der Waals surface area contributed by atoms with Gasteiger partial charge < -0.3 is 28.4 Å². The van der Waals surface area contributed by atoms with Gasteiger partial charge in [-0.15, -0.1) is 0 Å². The summed E-state index contributed by atoms with van der Waals surface area (Å²) in [4.78, 5) is 43.9. The van der Waals surface area contributed by atoms with Crippen molar-refractivity contribution in [1.82, 2.24) is 4.57 Å². The second-order valence-electron chi connectivity index (χ2n) is 9.32. The SMILES string of the molecule is C=CCOc1ccc(C2C(C(=O)OCC)=C(C)N=c3s/c(=C\c4ccc(OCC(=O)OC)c(OCC)c4)c(=O)n32)cc1OC. The lowest BCUT2D eigenvalue weighted by Crippen LogP contribution is -2.40. The summed E-state index contributed by atoms with van der Waals surface area (Å²) in [6.45, 7) is 9.46. The van der Waals surface area contributed by atoms with Gasteiger partial charge in [0.25, 0.3) is 5.56 Å². The van der Waals surface area contributed by atoms with E-state index in [0.29, 0.717) is 55.8 Å². The van der Waals surface area contributed by atoms with Crippen LogP contribution in [0.2, 0.25) is 0 Å². The second-order valence-corrected chi connectivity index (χ2v) is 10.3. The number of benzene rings is 2. The number of carbonyl (C=O) groups excluding carboxylic acids is 2. The molecule has 2 heterocycles. The third kappa shape index (κ3) is 6.86. The predicted octanol–water partition coefficient (Wildman–Crippen LogP) is 3.32. The Morgan fingerprint density at radius 3 is 2.43 bits per heavy atom. The van der Waals surface area contributed by atoms with Gasteiger partial charge >= 0.3 is 11.9 Å². The molecule has 0 saturated carbocycles. The van der Waals surface area contributed by atoms with E-state index in [4.69, 9.17) is 23.7 Å². The van der Waals surface area contributed by atoms with Gasteiger partial charge in [-0.05, 0) is 62.2 Å². The molecule has 1 aromatic heterocycles. The average molecular weight is 623 g/mol. The summed E-state index contributed by atoms with van der Waals surface area (Å²) in [5, 5.41) is 0. The van der Waals surface area contributed by atoms with Crippen molar-refractivity contribution < 1.29 is 38.0 Å². The number of ether oxygens (including phenoxy) is 6. The van der Waals surface area contributed by atoms with Crippen LogP contribution < -0.4 is 33.8 Å². The Hall–Kier alpha value is -4.84. The Labute approximate surface area is 258 Å². The Balaban J connectivity index is 1.85. The molecule has 0 fully saturated rings. The van der Waals surface area contributed by atoms with E-state index in [-0.39, 0.29) is 31.0 Å². The molecule has 1 atom stereocenters. The molecule has 2 aromatic carbocycles. The van der Waals surface area contributed by atoms with Crippen molar-refractivity contribution in [2.24, 2.45) is 4.99 Å². The molecule has 0 N–H and O–H groups in total. The van der Waals surface area contributed by atoms with E-state index in [9.17, 15) is 14.4 Å². The van der Waals surface area contributed by atoms with Crippen LogP contribution in [0.25, 0.3) is 6.08 Å². The number of esters is 2. The Morgan fingerprint density at radius 2 is 1.75 bits per heavy atom. The highest BCUT2D eigenvalue weighted by Gasteiger charge is 2.34. The molecule has 0 bridgehead atoms. The number of nitrogens with zero attached hydrogens (tertiary/aromatic N) is 2. The van der Waals surface area contributed by atoms with Crippen molar-refractivity contribution in [2.45, 2.75) is 26.8 Å². The molecule has 0 spiro atoms. The number of thiazole rings is 1. The molecule has 0 radical (unpaired) electrons. The van der Waals surface area contributed by atoms with E-state index in [2.05, 4.69) is 16.3 Å². The summed E-state index contributed by atoms with van der Waals surface area (Å²) in [6, 6.07) is 9.53. The first-order valence-electron chi connectivity index (χ1n) is 13.8. The number of hydrogen-bond acceptors (Lipinski definition) is 11. The van der Waals surface area contributed by atoms with Crippen LogP contribution in [-0.4, -0.2) is 57.2 Å². The van der Waals surface area contributed by atoms with Crippen molar-refractivity contribution in [3.63, 3.8) is 0 Å². The van der Waals surface area contributed by atoms with Crippen molar-refractivity contribution >= 4 is 29.4 Å². The number of aromatic nitrogens is 1. The third-order valence-electron chi connectivity index (χ3n) is 6.52. The molecule has 11 nitrogen and oxygen atoms in total. The predicted molar refractivity (Wildman–Crippen MR) is 164 cm³/mol. The fourth-order valence-electron chi connectivity index (χ4n) is 4.58. The summed E-state index contributed by atoms with van der Waals surface area (Å²) in [5.41, 5.74) is 1.62. The molecule has 0 saturated heterocycles. The van der Waals surface area contributed by atoms with Crippen LogP contribution in [0.4, 0.5) is 0 Å². The van der Waals surface area contributed by atoms with Gasteiger partial charge in [-0.2, -0.15) is 0 Å². The minimum atomic E-state index is -0.831. The topological polar surface area (TPSA) is 124 Å². The van der Waals surface area contributed by atoms with Crippen LogP contribution in [-0.2, 0) is 19.1 Å². The molecule has 232 valence electrons. The third-order valence-corrected chi connectivity index (χ3v) is 7.50. The van der Waals surface area contributed by atoms with Gasteiger partial charge in [0.1, 0.15) is 6.61 Å². The standard InChI is InChI=1S/C32H34N2O9S/c1-7-14-42-22-13-11-21(17-24(22)38-5)29-28(31(37)41-9-3)19(4)33-32-34(29)30(36)26(44-32)16-20-10-12-23(25(15-20)40-8-2)43-18-27(35)39-6/h7,10-13,15-17,29H,1,8-9,14,18H2,2-6H3/b26-16-. The molecule has 3 aromatic rings. The lowest BCUT2D eigenvalue weighted by Gasteiger charge is -2.25. The normalized spacial score (nSPS) is 14.3. The van der Waals surface area contributed by atoms with Crippen molar-refractivity contribution in [2.75, 3.05) is 40.6 Å². The average Bonchev–Trinajstić information content (AvgIpc) is 3.32. The molecule has 4 rings (SSSR count). The van der Waals surface area contributed by atoms with E-state index >= 15 is 0 Å². The maximum atomic E-state index is 14.0.